The molecule has 187 valence electrons. The summed E-state index contributed by atoms with van der Waals surface area (Å²) in [4.78, 5) is 13.1. The predicted molar refractivity (Wildman–Crippen MR) is 116 cm³/mol. The molecular weight excluding hydrogens is 648 g/mol. The molecule has 0 fully saturated rings. The summed E-state index contributed by atoms with van der Waals surface area (Å²) in [5.74, 6) is -2.57. The molecule has 0 bridgehead atoms. The SMILES string of the molecule is Cc1c(F)c[c-]c(-c2cc(N(C)C)ccn2)c1F.Cc1ccnc(-c2nc(C(F)(F)F)n[n-]2)c1.[Ir]. The Balaban J connectivity index is 0.000000241. The Morgan fingerprint density at radius 3 is 2.23 bits per heavy atom. The fourth-order valence-corrected chi connectivity index (χ4v) is 2.75. The van der Waals surface area contributed by atoms with Gasteiger partial charge in [-0.2, -0.15) is 13.2 Å². The van der Waals surface area contributed by atoms with Gasteiger partial charge in [-0.15, -0.1) is 12.1 Å². The van der Waals surface area contributed by atoms with Crippen LogP contribution in [0.2, 0.25) is 0 Å². The van der Waals surface area contributed by atoms with E-state index >= 15 is 0 Å². The molecule has 0 saturated heterocycles. The van der Waals surface area contributed by atoms with Crippen molar-refractivity contribution in [3.63, 3.8) is 0 Å². The van der Waals surface area contributed by atoms with Crippen molar-refractivity contribution < 1.29 is 42.1 Å². The van der Waals surface area contributed by atoms with Gasteiger partial charge in [0.2, 0.25) is 0 Å². The first-order valence-corrected chi connectivity index (χ1v) is 9.85. The van der Waals surface area contributed by atoms with Crippen LogP contribution >= 0.6 is 0 Å². The molecule has 1 aromatic carbocycles. The first-order chi connectivity index (χ1) is 16.0. The van der Waals surface area contributed by atoms with E-state index in [2.05, 4.69) is 31.2 Å². The molecule has 3 heterocycles. The van der Waals surface area contributed by atoms with Gasteiger partial charge in [-0.3, -0.25) is 18.9 Å². The first-order valence-electron chi connectivity index (χ1n) is 9.85. The van der Waals surface area contributed by atoms with Crippen LogP contribution in [0.15, 0.2) is 42.7 Å². The number of rotatable bonds is 3. The molecule has 4 aromatic rings. The summed E-state index contributed by atoms with van der Waals surface area (Å²) in [6.07, 6.45) is -1.50. The number of benzene rings is 1. The van der Waals surface area contributed by atoms with Gasteiger partial charge >= 0.3 is 6.18 Å². The van der Waals surface area contributed by atoms with Crippen LogP contribution in [0.1, 0.15) is 17.0 Å². The topological polar surface area (TPSA) is 68.9 Å². The van der Waals surface area contributed by atoms with Gasteiger partial charge < -0.3 is 20.0 Å². The van der Waals surface area contributed by atoms with Gasteiger partial charge in [0.25, 0.3) is 0 Å². The number of halogens is 5. The van der Waals surface area contributed by atoms with Crippen molar-refractivity contribution in [3.8, 4) is 22.8 Å². The number of alkyl halides is 3. The molecule has 0 amide bonds. The number of hydrogen-bond donors (Lipinski definition) is 0. The standard InChI is InChI=1S/C14H13F2N2.C9H6F3N4.Ir/c1-9-12(15)5-4-11(14(9)16)13-8-10(18(2)3)6-7-17-13;1-5-2-3-13-6(4-5)7-14-8(16-15-7)9(10,11)12;/h5-8H,1-3H3;2-4H,1H3;/q2*-1;. The average molecular weight is 667 g/mol. The summed E-state index contributed by atoms with van der Waals surface area (Å²) in [6.45, 7) is 3.20. The van der Waals surface area contributed by atoms with E-state index in [1.54, 1.807) is 31.3 Å². The molecule has 3 aromatic heterocycles. The molecule has 0 aliphatic carbocycles. The van der Waals surface area contributed by atoms with Gasteiger partial charge in [0.05, 0.1) is 5.69 Å². The molecule has 35 heavy (non-hydrogen) atoms. The van der Waals surface area contributed by atoms with Crippen LogP contribution < -0.4 is 10.00 Å². The molecule has 0 saturated carbocycles. The third-order valence-corrected chi connectivity index (χ3v) is 4.62. The maximum Gasteiger partial charge on any atom is 0.429 e. The van der Waals surface area contributed by atoms with Crippen molar-refractivity contribution in [2.75, 3.05) is 19.0 Å². The third kappa shape index (κ3) is 6.89. The Hall–Kier alpha value is -3.24. The molecule has 6 nitrogen and oxygen atoms in total. The van der Waals surface area contributed by atoms with Crippen LogP contribution in [0.3, 0.4) is 0 Å². The fraction of sp³-hybridized carbons (Fsp3) is 0.217. The van der Waals surface area contributed by atoms with Gasteiger partial charge in [0.1, 0.15) is 5.82 Å². The van der Waals surface area contributed by atoms with E-state index in [4.69, 9.17) is 0 Å². The first kappa shape index (κ1) is 28.0. The number of hydrogen-bond acceptors (Lipinski definition) is 5. The van der Waals surface area contributed by atoms with E-state index in [9.17, 15) is 22.0 Å². The van der Waals surface area contributed by atoms with E-state index in [0.717, 1.165) is 17.3 Å². The van der Waals surface area contributed by atoms with Gasteiger partial charge in [0.15, 0.2) is 0 Å². The Morgan fingerprint density at radius 1 is 0.971 bits per heavy atom. The molecule has 0 atom stereocenters. The van der Waals surface area contributed by atoms with E-state index in [0.29, 0.717) is 5.69 Å². The van der Waals surface area contributed by atoms with E-state index in [1.807, 2.05) is 25.1 Å². The normalized spacial score (nSPS) is 10.8. The van der Waals surface area contributed by atoms with Gasteiger partial charge in [-0.05, 0) is 42.2 Å². The largest absolute Gasteiger partial charge is 0.429 e. The predicted octanol–water partition coefficient (Wildman–Crippen LogP) is 5.02. The minimum atomic E-state index is -4.57. The monoisotopic (exact) mass is 667 g/mol. The van der Waals surface area contributed by atoms with Gasteiger partial charge in [-0.1, -0.05) is 24.1 Å². The molecule has 4 rings (SSSR count). The maximum absolute atomic E-state index is 14.0. The second-order valence-electron chi connectivity index (χ2n) is 7.42. The molecule has 0 N–H and O–H groups in total. The van der Waals surface area contributed by atoms with Gasteiger partial charge in [-0.25, -0.2) is 0 Å². The zero-order valence-electron chi connectivity index (χ0n) is 18.9. The number of aryl methyl sites for hydroxylation is 1. The van der Waals surface area contributed by atoms with E-state index < -0.39 is 23.6 Å². The van der Waals surface area contributed by atoms with Crippen molar-refractivity contribution in [1.82, 2.24) is 25.1 Å². The molecule has 0 unspecified atom stereocenters. The summed E-state index contributed by atoms with van der Waals surface area (Å²) >= 11 is 0. The molecule has 1 radical (unpaired) electrons. The number of nitrogens with zero attached hydrogens (tertiary/aromatic N) is 6. The third-order valence-electron chi connectivity index (χ3n) is 4.62. The Morgan fingerprint density at radius 2 is 1.63 bits per heavy atom. The van der Waals surface area contributed by atoms with Crippen molar-refractivity contribution in [1.29, 1.82) is 0 Å². The Bertz CT molecular complexity index is 1290. The van der Waals surface area contributed by atoms with Crippen molar-refractivity contribution in [2.24, 2.45) is 0 Å². The molecular formula is C23H19F5IrN6-2. The number of aromatic nitrogens is 5. The second-order valence-corrected chi connectivity index (χ2v) is 7.42. The minimum Gasteiger partial charge on any atom is -0.413 e. The van der Waals surface area contributed by atoms with Crippen LogP contribution in [0, 0.1) is 31.5 Å². The minimum absolute atomic E-state index is 0. The summed E-state index contributed by atoms with van der Waals surface area (Å²) in [5, 5.41) is 6.32. The van der Waals surface area contributed by atoms with Gasteiger partial charge in [0, 0.05) is 63.9 Å². The zero-order chi connectivity index (χ0) is 25.0. The molecule has 0 spiro atoms. The second kappa shape index (κ2) is 11.5. The number of pyridine rings is 2. The van der Waals surface area contributed by atoms with Crippen LogP contribution in [0.5, 0.6) is 0 Å². The maximum atomic E-state index is 14.0. The van der Waals surface area contributed by atoms with Crippen LogP contribution in [-0.4, -0.2) is 34.1 Å². The fourth-order valence-electron chi connectivity index (χ4n) is 2.75. The smallest absolute Gasteiger partial charge is 0.413 e. The van der Waals surface area contributed by atoms with Crippen LogP contribution in [-0.2, 0) is 26.3 Å². The summed E-state index contributed by atoms with van der Waals surface area (Å²) in [7, 11) is 3.77. The van der Waals surface area contributed by atoms with Crippen molar-refractivity contribution in [2.45, 2.75) is 20.0 Å². The molecule has 0 aliphatic rings. The van der Waals surface area contributed by atoms with Crippen molar-refractivity contribution in [3.05, 3.63) is 77.4 Å². The van der Waals surface area contributed by atoms with Crippen LogP contribution in [0.25, 0.3) is 22.8 Å². The Kier molecular flexibility index (Phi) is 9.17. The number of anilines is 1. The van der Waals surface area contributed by atoms with E-state index in [-0.39, 0.29) is 42.8 Å². The zero-order valence-corrected chi connectivity index (χ0v) is 21.3. The summed E-state index contributed by atoms with van der Waals surface area (Å²) in [5.41, 5.74) is 2.67. The quantitative estimate of drug-likeness (QED) is 0.226. The summed E-state index contributed by atoms with van der Waals surface area (Å²) < 4.78 is 63.8. The molecule has 12 heteroatoms. The molecule has 0 aliphatic heterocycles. The average Bonchev–Trinajstić information content (AvgIpc) is 3.29. The van der Waals surface area contributed by atoms with Crippen molar-refractivity contribution >= 4 is 5.69 Å². The Labute approximate surface area is 212 Å². The summed E-state index contributed by atoms with van der Waals surface area (Å²) in [6, 6.07) is 10.6. The van der Waals surface area contributed by atoms with E-state index in [1.165, 1.54) is 13.1 Å². The van der Waals surface area contributed by atoms with Crippen LogP contribution in [0.4, 0.5) is 27.6 Å².